The second-order valence-electron chi connectivity index (χ2n) is 5.94. The molecule has 25 heavy (non-hydrogen) atoms. The van der Waals surface area contributed by atoms with Gasteiger partial charge in [0.2, 0.25) is 5.91 Å². The predicted molar refractivity (Wildman–Crippen MR) is 97.8 cm³/mol. The van der Waals surface area contributed by atoms with Gasteiger partial charge in [-0.3, -0.25) is 10.0 Å². The molecule has 0 bridgehead atoms. The molecule has 0 aliphatic heterocycles. The molecule has 0 aromatic heterocycles. The maximum absolute atomic E-state index is 10.9. The van der Waals surface area contributed by atoms with Crippen LogP contribution in [0.3, 0.4) is 0 Å². The summed E-state index contributed by atoms with van der Waals surface area (Å²) in [7, 11) is 0. The van der Waals surface area contributed by atoms with Crippen molar-refractivity contribution in [2.45, 2.75) is 38.5 Å². The zero-order chi connectivity index (χ0) is 17.9. The smallest absolute Gasteiger partial charge is 0.243 e. The Morgan fingerprint density at radius 2 is 1.44 bits per heavy atom. The second kappa shape index (κ2) is 10.3. The summed E-state index contributed by atoms with van der Waals surface area (Å²) in [5.74, 6) is -0.351. The lowest BCUT2D eigenvalue weighted by molar-refractivity contribution is -0.129. The molecule has 0 fully saturated rings. The van der Waals surface area contributed by atoms with Crippen molar-refractivity contribution in [2.24, 2.45) is 5.16 Å². The zero-order valence-corrected chi connectivity index (χ0v) is 14.2. The molecule has 0 aliphatic carbocycles. The Morgan fingerprint density at radius 3 is 2.04 bits per heavy atom. The van der Waals surface area contributed by atoms with E-state index in [1.807, 2.05) is 42.5 Å². The van der Waals surface area contributed by atoms with Crippen molar-refractivity contribution in [3.8, 4) is 11.1 Å². The Balaban J connectivity index is 1.81. The normalized spacial score (nSPS) is 11.3. The van der Waals surface area contributed by atoms with Crippen LogP contribution in [0.15, 0.2) is 59.8 Å². The van der Waals surface area contributed by atoms with E-state index in [1.165, 1.54) is 0 Å². The molecule has 0 radical (unpaired) electrons. The van der Waals surface area contributed by atoms with Gasteiger partial charge in [0.15, 0.2) is 0 Å². The zero-order valence-electron chi connectivity index (χ0n) is 14.2. The van der Waals surface area contributed by atoms with Gasteiger partial charge < -0.3 is 5.21 Å². The van der Waals surface area contributed by atoms with Gasteiger partial charge in [0, 0.05) is 6.42 Å². The number of amides is 1. The highest BCUT2D eigenvalue weighted by atomic mass is 16.5. The average Bonchev–Trinajstić information content (AvgIpc) is 2.68. The van der Waals surface area contributed by atoms with E-state index >= 15 is 0 Å². The molecule has 0 saturated heterocycles. The molecule has 0 unspecified atom stereocenters. The van der Waals surface area contributed by atoms with Crippen LogP contribution < -0.4 is 5.48 Å². The summed E-state index contributed by atoms with van der Waals surface area (Å²) in [6.07, 6.45) is 4.50. The minimum atomic E-state index is -0.351. The van der Waals surface area contributed by atoms with Gasteiger partial charge >= 0.3 is 0 Å². The summed E-state index contributed by atoms with van der Waals surface area (Å²) < 4.78 is 0. The topological polar surface area (TPSA) is 81.9 Å². The number of unbranched alkanes of at least 4 members (excludes halogenated alkanes) is 3. The lowest BCUT2D eigenvalue weighted by Gasteiger charge is -2.07. The van der Waals surface area contributed by atoms with Gasteiger partial charge in [0.25, 0.3) is 0 Å². The molecule has 0 aliphatic rings. The van der Waals surface area contributed by atoms with Crippen LogP contribution in [-0.4, -0.2) is 22.0 Å². The molecule has 0 spiro atoms. The number of hydroxylamine groups is 1. The van der Waals surface area contributed by atoms with Gasteiger partial charge in [0.05, 0.1) is 5.71 Å². The number of nitrogens with zero attached hydrogens (tertiary/aromatic N) is 1. The van der Waals surface area contributed by atoms with Crippen LogP contribution in [0, 0.1) is 0 Å². The number of benzene rings is 2. The highest BCUT2D eigenvalue weighted by Gasteiger charge is 2.06. The van der Waals surface area contributed by atoms with E-state index in [0.29, 0.717) is 18.6 Å². The monoisotopic (exact) mass is 340 g/mol. The predicted octanol–water partition coefficient (Wildman–Crippen LogP) is 4.38. The third-order valence-electron chi connectivity index (χ3n) is 4.14. The molecule has 0 heterocycles. The summed E-state index contributed by atoms with van der Waals surface area (Å²) in [4.78, 5) is 10.9. The van der Waals surface area contributed by atoms with Crippen LogP contribution in [-0.2, 0) is 4.79 Å². The number of nitrogens with one attached hydrogen (secondary N) is 1. The van der Waals surface area contributed by atoms with Crippen LogP contribution in [0.4, 0.5) is 0 Å². The highest BCUT2D eigenvalue weighted by Crippen LogP contribution is 2.20. The maximum atomic E-state index is 10.9. The summed E-state index contributed by atoms with van der Waals surface area (Å²) in [6, 6.07) is 18.1. The number of hydrogen-bond acceptors (Lipinski definition) is 4. The number of carbonyl (C=O) groups is 1. The van der Waals surface area contributed by atoms with Gasteiger partial charge in [0.1, 0.15) is 0 Å². The van der Waals surface area contributed by atoms with Gasteiger partial charge in [-0.2, -0.15) is 0 Å². The molecular weight excluding hydrogens is 316 g/mol. The van der Waals surface area contributed by atoms with E-state index in [1.54, 1.807) is 5.48 Å². The number of oxime groups is 1. The minimum absolute atomic E-state index is 0.332. The van der Waals surface area contributed by atoms with E-state index in [0.717, 1.165) is 42.4 Å². The molecule has 0 saturated carbocycles. The molecule has 5 nitrogen and oxygen atoms in total. The average molecular weight is 340 g/mol. The Kier molecular flexibility index (Phi) is 7.66. The van der Waals surface area contributed by atoms with Gasteiger partial charge in [-0.25, -0.2) is 5.48 Å². The summed E-state index contributed by atoms with van der Waals surface area (Å²) in [5.41, 5.74) is 5.51. The molecule has 5 heteroatoms. The van der Waals surface area contributed by atoms with E-state index in [4.69, 9.17) is 5.21 Å². The SMILES string of the molecule is O=C(CCCCCC/C(=N/O)c1ccc(-c2ccccc2)cc1)NO. The number of rotatable bonds is 9. The van der Waals surface area contributed by atoms with Crippen molar-refractivity contribution in [1.82, 2.24) is 5.48 Å². The van der Waals surface area contributed by atoms with Crippen LogP contribution in [0.2, 0.25) is 0 Å². The first-order valence-electron chi connectivity index (χ1n) is 8.54. The molecule has 2 aromatic carbocycles. The molecule has 2 aromatic rings. The first-order valence-corrected chi connectivity index (χ1v) is 8.54. The maximum Gasteiger partial charge on any atom is 0.243 e. The summed E-state index contributed by atoms with van der Waals surface area (Å²) >= 11 is 0. The highest BCUT2D eigenvalue weighted by molar-refractivity contribution is 6.00. The van der Waals surface area contributed by atoms with Crippen molar-refractivity contribution >= 4 is 11.6 Å². The van der Waals surface area contributed by atoms with Crippen molar-refractivity contribution < 1.29 is 15.2 Å². The van der Waals surface area contributed by atoms with E-state index in [9.17, 15) is 10.0 Å². The third kappa shape index (κ3) is 6.04. The van der Waals surface area contributed by atoms with E-state index in [2.05, 4.69) is 17.3 Å². The van der Waals surface area contributed by atoms with E-state index in [-0.39, 0.29) is 5.91 Å². The van der Waals surface area contributed by atoms with Crippen LogP contribution in [0.1, 0.15) is 44.1 Å². The standard InChI is InChI=1S/C20H24N2O3/c23-20(22-25)11-7-2-1-6-10-19(21-24)18-14-12-17(13-15-18)16-8-4-3-5-9-16/h3-5,8-9,12-15,24-25H,1-2,6-7,10-11H2,(H,22,23)/b21-19-. The Bertz CT molecular complexity index is 682. The molecular formula is C20H24N2O3. The first kappa shape index (κ1) is 18.7. The lowest BCUT2D eigenvalue weighted by atomic mass is 9.99. The fraction of sp³-hybridized carbons (Fsp3) is 0.300. The molecule has 132 valence electrons. The van der Waals surface area contributed by atoms with Crippen molar-refractivity contribution in [3.05, 3.63) is 60.2 Å². The van der Waals surface area contributed by atoms with E-state index < -0.39 is 0 Å². The summed E-state index contributed by atoms with van der Waals surface area (Å²) in [5, 5.41) is 21.1. The van der Waals surface area contributed by atoms with Crippen molar-refractivity contribution in [3.63, 3.8) is 0 Å². The summed E-state index contributed by atoms with van der Waals surface area (Å²) in [6.45, 7) is 0. The third-order valence-corrected chi connectivity index (χ3v) is 4.14. The van der Waals surface area contributed by atoms with Crippen LogP contribution in [0.25, 0.3) is 11.1 Å². The molecule has 2 rings (SSSR count). The fourth-order valence-electron chi connectivity index (χ4n) is 2.73. The largest absolute Gasteiger partial charge is 0.411 e. The molecule has 3 N–H and O–H groups in total. The van der Waals surface area contributed by atoms with Gasteiger partial charge in [-0.15, -0.1) is 0 Å². The molecule has 0 atom stereocenters. The quantitative estimate of drug-likeness (QED) is 0.208. The van der Waals surface area contributed by atoms with Crippen LogP contribution in [0.5, 0.6) is 0 Å². The Labute approximate surface area is 148 Å². The van der Waals surface area contributed by atoms with Gasteiger partial charge in [-0.1, -0.05) is 72.6 Å². The van der Waals surface area contributed by atoms with Crippen LogP contribution >= 0.6 is 0 Å². The Hall–Kier alpha value is -2.66. The lowest BCUT2D eigenvalue weighted by Crippen LogP contribution is -2.17. The number of carbonyl (C=O) groups excluding carboxylic acids is 1. The second-order valence-corrected chi connectivity index (χ2v) is 5.94. The van der Waals surface area contributed by atoms with Crippen molar-refractivity contribution in [2.75, 3.05) is 0 Å². The number of hydrogen-bond donors (Lipinski definition) is 3. The fourth-order valence-corrected chi connectivity index (χ4v) is 2.73. The van der Waals surface area contributed by atoms with Gasteiger partial charge in [-0.05, 0) is 36.0 Å². The first-order chi connectivity index (χ1) is 12.2. The Morgan fingerprint density at radius 1 is 0.840 bits per heavy atom. The minimum Gasteiger partial charge on any atom is -0.411 e. The van der Waals surface area contributed by atoms with Crippen molar-refractivity contribution in [1.29, 1.82) is 0 Å². The molecule has 1 amide bonds.